The lowest BCUT2D eigenvalue weighted by Gasteiger charge is -2.27. The van der Waals surface area contributed by atoms with E-state index in [1.807, 2.05) is 0 Å². The van der Waals surface area contributed by atoms with Crippen LogP contribution in [0.25, 0.3) is 0 Å². The third-order valence-electron chi connectivity index (χ3n) is 3.49. The van der Waals surface area contributed by atoms with Crippen LogP contribution in [0.1, 0.15) is 26.7 Å². The molecule has 106 valence electrons. The van der Waals surface area contributed by atoms with E-state index < -0.39 is 23.4 Å². The van der Waals surface area contributed by atoms with Crippen LogP contribution in [0.2, 0.25) is 0 Å². The Morgan fingerprint density at radius 3 is 2.74 bits per heavy atom. The summed E-state index contributed by atoms with van der Waals surface area (Å²) in [6.07, 6.45) is 0.611. The van der Waals surface area contributed by atoms with E-state index >= 15 is 0 Å². The van der Waals surface area contributed by atoms with Crippen LogP contribution < -0.4 is 5.73 Å². The number of nitrogens with zero attached hydrogens (tertiary/aromatic N) is 1. The molecule has 0 spiro atoms. The van der Waals surface area contributed by atoms with E-state index in [9.17, 15) is 9.59 Å². The summed E-state index contributed by atoms with van der Waals surface area (Å²) < 4.78 is 9.91. The van der Waals surface area contributed by atoms with Crippen molar-refractivity contribution in [3.8, 4) is 0 Å². The lowest BCUT2D eigenvalue weighted by Crippen LogP contribution is -2.56. The fraction of sp³-hybridized carbons (Fsp3) is 0.750. The minimum Gasteiger partial charge on any atom is -0.465 e. The Morgan fingerprint density at radius 2 is 2.11 bits per heavy atom. The van der Waals surface area contributed by atoms with Gasteiger partial charge in [-0.2, -0.15) is 0 Å². The van der Waals surface area contributed by atoms with E-state index in [1.165, 1.54) is 0 Å². The Labute approximate surface area is 111 Å². The summed E-state index contributed by atoms with van der Waals surface area (Å²) in [7, 11) is 0. The summed E-state index contributed by atoms with van der Waals surface area (Å²) in [6.45, 7) is 3.87. The van der Waals surface area contributed by atoms with Crippen molar-refractivity contribution in [3.63, 3.8) is 0 Å². The maximum Gasteiger partial charge on any atom is 0.356 e. The minimum atomic E-state index is -1.26. The highest BCUT2D eigenvalue weighted by Crippen LogP contribution is 2.41. The van der Waals surface area contributed by atoms with Crippen molar-refractivity contribution in [2.75, 3.05) is 13.2 Å². The first-order chi connectivity index (χ1) is 9.04. The molecule has 7 heteroatoms. The summed E-state index contributed by atoms with van der Waals surface area (Å²) in [5.74, 6) is -1.70. The van der Waals surface area contributed by atoms with Crippen LogP contribution in [0.4, 0.5) is 0 Å². The number of carbonyl (C=O) groups is 2. The van der Waals surface area contributed by atoms with Crippen LogP contribution in [0.3, 0.4) is 0 Å². The van der Waals surface area contributed by atoms with Crippen LogP contribution in [0, 0.1) is 5.92 Å². The number of rotatable bonds is 4. The number of fused-ring (bicyclic) bond motifs is 1. The summed E-state index contributed by atoms with van der Waals surface area (Å²) in [5.41, 5.74) is 4.98. The highest BCUT2D eigenvalue weighted by Gasteiger charge is 2.60. The molecular weight excluding hydrogens is 252 g/mol. The third kappa shape index (κ3) is 2.18. The molecule has 0 saturated heterocycles. The molecule has 3 atom stereocenters. The van der Waals surface area contributed by atoms with Crippen LogP contribution in [-0.2, 0) is 23.9 Å². The van der Waals surface area contributed by atoms with Crippen LogP contribution >= 0.6 is 0 Å². The SMILES string of the molecule is CCOC(=O)C1=NO[C@H]2CC[C@@](N)(C(=O)OCC)[C@@H]12. The molecular formula is C12H18N2O5. The van der Waals surface area contributed by atoms with Gasteiger partial charge in [-0.1, -0.05) is 5.16 Å². The third-order valence-corrected chi connectivity index (χ3v) is 3.49. The molecule has 0 unspecified atom stereocenters. The van der Waals surface area contributed by atoms with Gasteiger partial charge in [0.05, 0.1) is 19.1 Å². The second-order valence-corrected chi connectivity index (χ2v) is 4.62. The topological polar surface area (TPSA) is 100 Å². The molecule has 2 N–H and O–H groups in total. The Hall–Kier alpha value is -1.63. The predicted octanol–water partition coefficient (Wildman–Crippen LogP) is -0.0251. The molecule has 0 amide bonds. The normalized spacial score (nSPS) is 32.3. The number of ether oxygens (including phenoxy) is 2. The Bertz CT molecular complexity index is 422. The second kappa shape index (κ2) is 5.16. The predicted molar refractivity (Wildman–Crippen MR) is 65.2 cm³/mol. The molecule has 1 heterocycles. The second-order valence-electron chi connectivity index (χ2n) is 4.62. The lowest BCUT2D eigenvalue weighted by molar-refractivity contribution is -0.150. The molecule has 0 aromatic heterocycles. The van der Waals surface area contributed by atoms with Gasteiger partial charge < -0.3 is 20.0 Å². The van der Waals surface area contributed by atoms with Crippen molar-refractivity contribution in [3.05, 3.63) is 0 Å². The summed E-state index contributed by atoms with van der Waals surface area (Å²) >= 11 is 0. The molecule has 19 heavy (non-hydrogen) atoms. The molecule has 0 aromatic rings. The largest absolute Gasteiger partial charge is 0.465 e. The van der Waals surface area contributed by atoms with Gasteiger partial charge in [-0.15, -0.1) is 0 Å². The highest BCUT2D eigenvalue weighted by molar-refractivity contribution is 6.38. The van der Waals surface area contributed by atoms with Crippen LogP contribution in [-0.4, -0.2) is 42.5 Å². The Morgan fingerprint density at radius 1 is 1.42 bits per heavy atom. The zero-order valence-electron chi connectivity index (χ0n) is 11.0. The highest BCUT2D eigenvalue weighted by atomic mass is 16.6. The molecule has 0 radical (unpaired) electrons. The van der Waals surface area contributed by atoms with Crippen molar-refractivity contribution in [1.29, 1.82) is 0 Å². The van der Waals surface area contributed by atoms with Crippen molar-refractivity contribution >= 4 is 17.7 Å². The molecule has 0 bridgehead atoms. The first-order valence-electron chi connectivity index (χ1n) is 6.41. The monoisotopic (exact) mass is 270 g/mol. The van der Waals surface area contributed by atoms with Gasteiger partial charge in [0.1, 0.15) is 11.6 Å². The molecule has 2 rings (SSSR count). The fourth-order valence-electron chi connectivity index (χ4n) is 2.61. The van der Waals surface area contributed by atoms with E-state index in [0.29, 0.717) is 12.8 Å². The van der Waals surface area contributed by atoms with Gasteiger partial charge in [-0.05, 0) is 26.7 Å². The average molecular weight is 270 g/mol. The number of nitrogens with two attached hydrogens (primary N) is 1. The maximum atomic E-state index is 12.0. The van der Waals surface area contributed by atoms with Gasteiger partial charge in [0.2, 0.25) is 0 Å². The first-order valence-corrected chi connectivity index (χ1v) is 6.41. The number of esters is 2. The zero-order chi connectivity index (χ0) is 14.0. The van der Waals surface area contributed by atoms with E-state index in [-0.39, 0.29) is 25.0 Å². The van der Waals surface area contributed by atoms with Crippen molar-refractivity contribution in [2.24, 2.45) is 16.8 Å². The molecule has 1 aliphatic carbocycles. The summed E-state index contributed by atoms with van der Waals surface area (Å²) in [5, 5.41) is 3.73. The number of hydrogen-bond donors (Lipinski definition) is 1. The number of oxime groups is 1. The van der Waals surface area contributed by atoms with Crippen molar-refractivity contribution in [1.82, 2.24) is 0 Å². The van der Waals surface area contributed by atoms with Gasteiger partial charge in [0.15, 0.2) is 5.71 Å². The van der Waals surface area contributed by atoms with E-state index in [1.54, 1.807) is 13.8 Å². The zero-order valence-corrected chi connectivity index (χ0v) is 11.0. The summed E-state index contributed by atoms with van der Waals surface area (Å²) in [6, 6.07) is 0. The molecule has 1 fully saturated rings. The number of hydrogen-bond acceptors (Lipinski definition) is 7. The van der Waals surface area contributed by atoms with Gasteiger partial charge >= 0.3 is 11.9 Å². The van der Waals surface area contributed by atoms with Crippen molar-refractivity contribution in [2.45, 2.75) is 38.3 Å². The average Bonchev–Trinajstić information content (AvgIpc) is 2.93. The van der Waals surface area contributed by atoms with Gasteiger partial charge in [0, 0.05) is 0 Å². The lowest BCUT2D eigenvalue weighted by atomic mass is 9.83. The van der Waals surface area contributed by atoms with Crippen LogP contribution in [0.5, 0.6) is 0 Å². The molecule has 1 aliphatic heterocycles. The molecule has 1 saturated carbocycles. The van der Waals surface area contributed by atoms with Gasteiger partial charge in [0.25, 0.3) is 0 Å². The van der Waals surface area contributed by atoms with E-state index in [0.717, 1.165) is 0 Å². The van der Waals surface area contributed by atoms with Crippen molar-refractivity contribution < 1.29 is 23.9 Å². The Balaban J connectivity index is 2.22. The molecule has 0 aromatic carbocycles. The minimum absolute atomic E-state index is 0.0832. The maximum absolute atomic E-state index is 12.0. The Kier molecular flexibility index (Phi) is 3.75. The van der Waals surface area contributed by atoms with Crippen LogP contribution in [0.15, 0.2) is 5.16 Å². The quantitative estimate of drug-likeness (QED) is 0.720. The van der Waals surface area contributed by atoms with Gasteiger partial charge in [-0.3, -0.25) is 4.79 Å². The fourth-order valence-corrected chi connectivity index (χ4v) is 2.61. The molecule has 7 nitrogen and oxygen atoms in total. The first kappa shape index (κ1) is 13.8. The molecule has 2 aliphatic rings. The number of carbonyl (C=O) groups excluding carboxylic acids is 2. The van der Waals surface area contributed by atoms with Gasteiger partial charge in [-0.25, -0.2) is 4.79 Å². The standard InChI is InChI=1S/C12H18N2O5/c1-3-17-10(15)9-8-7(19-14-9)5-6-12(8,13)11(16)18-4-2/h7-8H,3-6,13H2,1-2H3/t7-,8+,12-/m0/s1. The van der Waals surface area contributed by atoms with E-state index in [4.69, 9.17) is 20.0 Å². The summed E-state index contributed by atoms with van der Waals surface area (Å²) in [4.78, 5) is 29.0. The smallest absolute Gasteiger partial charge is 0.356 e. The van der Waals surface area contributed by atoms with E-state index in [2.05, 4.69) is 5.16 Å².